The minimum absolute atomic E-state index is 0.0349. The van der Waals surface area contributed by atoms with Gasteiger partial charge in [0.2, 0.25) is 5.91 Å². The first kappa shape index (κ1) is 12.4. The summed E-state index contributed by atoms with van der Waals surface area (Å²) in [5, 5.41) is 3.27. The molecule has 0 aliphatic carbocycles. The summed E-state index contributed by atoms with van der Waals surface area (Å²) in [6, 6.07) is 7.61. The Morgan fingerprint density at radius 3 is 2.60 bits per heavy atom. The first-order valence-corrected chi connectivity index (χ1v) is 5.69. The summed E-state index contributed by atoms with van der Waals surface area (Å²) in [4.78, 5) is 11.2. The second-order valence-electron chi connectivity index (χ2n) is 3.34. The molecule has 4 heteroatoms. The molecule has 0 aromatic heterocycles. The minimum Gasteiger partial charge on any atom is -0.355 e. The monoisotopic (exact) mass is 243 g/mol. The summed E-state index contributed by atoms with van der Waals surface area (Å²) < 4.78 is 0. The molecule has 82 valence electrons. The lowest BCUT2D eigenvalue weighted by Crippen LogP contribution is -2.31. The molecule has 2 nitrogen and oxygen atoms in total. The van der Waals surface area contributed by atoms with Crippen molar-refractivity contribution < 1.29 is 4.79 Å². The maximum Gasteiger partial charge on any atom is 0.232 e. The molecule has 0 aliphatic heterocycles. The molecule has 0 saturated carbocycles. The minimum atomic E-state index is -0.254. The van der Waals surface area contributed by atoms with E-state index in [-0.39, 0.29) is 11.2 Å². The van der Waals surface area contributed by atoms with Crippen LogP contribution in [-0.4, -0.2) is 17.7 Å². The van der Waals surface area contributed by atoms with Gasteiger partial charge in [0.05, 0.1) is 5.25 Å². The van der Waals surface area contributed by atoms with E-state index in [0.29, 0.717) is 6.54 Å². The van der Waals surface area contributed by atoms with E-state index >= 15 is 0 Å². The van der Waals surface area contributed by atoms with Gasteiger partial charge < -0.3 is 5.32 Å². The predicted octanol–water partition coefficient (Wildman–Crippen LogP) is 2.32. The summed E-state index contributed by atoms with van der Waals surface area (Å²) in [6.07, 6.45) is 0.809. The van der Waals surface area contributed by atoms with Gasteiger partial charge in [-0.3, -0.25) is 4.79 Å². The molecule has 15 heavy (non-hydrogen) atoms. The number of carbonyl (C=O) groups excluding carboxylic acids is 1. The zero-order valence-corrected chi connectivity index (χ0v) is 10.2. The lowest BCUT2D eigenvalue weighted by atomic mass is 10.1. The van der Waals surface area contributed by atoms with Crippen LogP contribution in [0.3, 0.4) is 0 Å². The number of rotatable bonds is 4. The first-order valence-electron chi connectivity index (χ1n) is 4.80. The van der Waals surface area contributed by atoms with Crippen molar-refractivity contribution in [3.63, 3.8) is 0 Å². The van der Waals surface area contributed by atoms with Gasteiger partial charge in [-0.05, 0) is 31.0 Å². The average Bonchev–Trinajstić information content (AvgIpc) is 2.20. The average molecular weight is 244 g/mol. The maximum absolute atomic E-state index is 11.2. The van der Waals surface area contributed by atoms with Crippen molar-refractivity contribution in [1.82, 2.24) is 5.32 Å². The number of halogens is 1. The quantitative estimate of drug-likeness (QED) is 0.781. The topological polar surface area (TPSA) is 29.1 Å². The second kappa shape index (κ2) is 6.03. The fourth-order valence-electron chi connectivity index (χ4n) is 1.13. The summed E-state index contributed by atoms with van der Waals surface area (Å²) in [5.74, 6) is -0.0349. The van der Waals surface area contributed by atoms with Crippen molar-refractivity contribution in [1.29, 1.82) is 0 Å². The molecule has 1 atom stereocenters. The van der Waals surface area contributed by atoms with Crippen molar-refractivity contribution in [2.24, 2.45) is 0 Å². The van der Waals surface area contributed by atoms with Crippen molar-refractivity contribution in [3.05, 3.63) is 34.9 Å². The summed E-state index contributed by atoms with van der Waals surface area (Å²) in [5.41, 5.74) is 1.16. The van der Waals surface area contributed by atoms with Gasteiger partial charge in [-0.15, -0.1) is 0 Å². The number of amides is 1. The summed E-state index contributed by atoms with van der Waals surface area (Å²) in [6.45, 7) is 2.38. The van der Waals surface area contributed by atoms with Crippen LogP contribution in [0.5, 0.6) is 0 Å². The van der Waals surface area contributed by atoms with Gasteiger partial charge in [0.25, 0.3) is 0 Å². The standard InChI is InChI=1S/C11H14ClNOS/c1-8(15)11(14)13-7-6-9-2-4-10(12)5-3-9/h2-5,8,15H,6-7H2,1H3,(H,13,14). The highest BCUT2D eigenvalue weighted by molar-refractivity contribution is 7.81. The number of carbonyl (C=O) groups is 1. The van der Waals surface area contributed by atoms with Crippen molar-refractivity contribution in [2.75, 3.05) is 6.54 Å². The van der Waals surface area contributed by atoms with E-state index in [1.807, 2.05) is 24.3 Å². The van der Waals surface area contributed by atoms with Crippen LogP contribution in [0.1, 0.15) is 12.5 Å². The summed E-state index contributed by atoms with van der Waals surface area (Å²) in [7, 11) is 0. The third-order valence-corrected chi connectivity index (χ3v) is 2.49. The van der Waals surface area contributed by atoms with Crippen molar-refractivity contribution in [2.45, 2.75) is 18.6 Å². The van der Waals surface area contributed by atoms with Crippen molar-refractivity contribution in [3.8, 4) is 0 Å². The Morgan fingerprint density at radius 1 is 1.47 bits per heavy atom. The zero-order chi connectivity index (χ0) is 11.3. The van der Waals surface area contributed by atoms with Crippen LogP contribution in [0.4, 0.5) is 0 Å². The SMILES string of the molecule is CC(S)C(=O)NCCc1ccc(Cl)cc1. The molecule has 1 aromatic carbocycles. The molecule has 0 heterocycles. The van der Waals surface area contributed by atoms with E-state index in [2.05, 4.69) is 17.9 Å². The molecule has 0 fully saturated rings. The number of benzene rings is 1. The molecule has 1 rings (SSSR count). The molecule has 1 N–H and O–H groups in total. The maximum atomic E-state index is 11.2. The van der Waals surface area contributed by atoms with Crippen LogP contribution in [0.25, 0.3) is 0 Å². The lowest BCUT2D eigenvalue weighted by Gasteiger charge is -2.06. The van der Waals surface area contributed by atoms with E-state index < -0.39 is 0 Å². The van der Waals surface area contributed by atoms with E-state index in [0.717, 1.165) is 17.0 Å². The van der Waals surface area contributed by atoms with E-state index in [1.54, 1.807) is 6.92 Å². The van der Waals surface area contributed by atoms with Gasteiger partial charge in [-0.2, -0.15) is 12.6 Å². The third-order valence-electron chi connectivity index (χ3n) is 2.01. The van der Waals surface area contributed by atoms with Crippen LogP contribution in [0.2, 0.25) is 5.02 Å². The highest BCUT2D eigenvalue weighted by Crippen LogP contribution is 2.09. The molecule has 0 radical (unpaired) electrons. The number of hydrogen-bond acceptors (Lipinski definition) is 2. The number of hydrogen-bond donors (Lipinski definition) is 2. The molecule has 0 aliphatic rings. The van der Waals surface area contributed by atoms with E-state index in [4.69, 9.17) is 11.6 Å². The largest absolute Gasteiger partial charge is 0.355 e. The molecule has 1 amide bonds. The summed E-state index contributed by atoms with van der Waals surface area (Å²) >= 11 is 9.80. The lowest BCUT2D eigenvalue weighted by molar-refractivity contribution is -0.120. The smallest absolute Gasteiger partial charge is 0.232 e. The van der Waals surface area contributed by atoms with E-state index in [9.17, 15) is 4.79 Å². The molecule has 0 bridgehead atoms. The molecular formula is C11H14ClNOS. The Hall–Kier alpha value is -0.670. The highest BCUT2D eigenvalue weighted by Gasteiger charge is 2.05. The van der Waals surface area contributed by atoms with E-state index in [1.165, 1.54) is 0 Å². The Bertz CT molecular complexity index is 324. The van der Waals surface area contributed by atoms with Gasteiger partial charge >= 0.3 is 0 Å². The molecule has 0 spiro atoms. The van der Waals surface area contributed by atoms with Crippen LogP contribution >= 0.6 is 24.2 Å². The van der Waals surface area contributed by atoms with Crippen LogP contribution in [0, 0.1) is 0 Å². The molecular weight excluding hydrogens is 230 g/mol. The fourth-order valence-corrected chi connectivity index (χ4v) is 1.35. The second-order valence-corrected chi connectivity index (χ2v) is 4.55. The number of nitrogens with one attached hydrogen (secondary N) is 1. The zero-order valence-electron chi connectivity index (χ0n) is 8.53. The Morgan fingerprint density at radius 2 is 2.07 bits per heavy atom. The Kier molecular flexibility index (Phi) is 4.99. The first-order chi connectivity index (χ1) is 7.09. The van der Waals surface area contributed by atoms with Gasteiger partial charge in [0, 0.05) is 11.6 Å². The Labute approximate surface area is 100 Å². The van der Waals surface area contributed by atoms with Crippen LogP contribution < -0.4 is 5.32 Å². The predicted molar refractivity (Wildman–Crippen MR) is 66.6 cm³/mol. The normalized spacial score (nSPS) is 12.2. The molecule has 1 unspecified atom stereocenters. The van der Waals surface area contributed by atoms with Crippen molar-refractivity contribution >= 4 is 30.1 Å². The number of thiol groups is 1. The molecule has 1 aromatic rings. The van der Waals surface area contributed by atoms with Gasteiger partial charge in [-0.25, -0.2) is 0 Å². The van der Waals surface area contributed by atoms with Crippen LogP contribution in [-0.2, 0) is 11.2 Å². The van der Waals surface area contributed by atoms with Crippen LogP contribution in [0.15, 0.2) is 24.3 Å². The highest BCUT2D eigenvalue weighted by atomic mass is 35.5. The molecule has 0 saturated heterocycles. The Balaban J connectivity index is 2.32. The third kappa shape index (κ3) is 4.58. The van der Waals surface area contributed by atoms with Gasteiger partial charge in [0.1, 0.15) is 0 Å². The fraction of sp³-hybridized carbons (Fsp3) is 0.364. The van der Waals surface area contributed by atoms with Gasteiger partial charge in [0.15, 0.2) is 0 Å². The van der Waals surface area contributed by atoms with Gasteiger partial charge in [-0.1, -0.05) is 23.7 Å².